The molecule has 1 aromatic rings. The van der Waals surface area contributed by atoms with Crippen molar-refractivity contribution in [1.29, 1.82) is 0 Å². The molecule has 0 saturated heterocycles. The Kier molecular flexibility index (Phi) is 3.00. The highest BCUT2D eigenvalue weighted by Crippen LogP contribution is 2.00. The van der Waals surface area contributed by atoms with Gasteiger partial charge in [0.15, 0.2) is 0 Å². The molecule has 0 aliphatic carbocycles. The third-order valence-corrected chi connectivity index (χ3v) is 1.13. The van der Waals surface area contributed by atoms with E-state index in [4.69, 9.17) is 14.9 Å². The first-order chi connectivity index (χ1) is 5.36. The summed E-state index contributed by atoms with van der Waals surface area (Å²) >= 11 is 0. The minimum Gasteiger partial charge on any atom is -0.423 e. The maximum Gasteiger partial charge on any atom is 0.242 e. The predicted octanol–water partition coefficient (Wildman–Crippen LogP) is -0.283. The number of nitrogens with two attached hydrogens (primary N) is 1. The van der Waals surface area contributed by atoms with E-state index in [1.165, 1.54) is 0 Å². The van der Waals surface area contributed by atoms with Gasteiger partial charge in [-0.2, -0.15) is 0 Å². The van der Waals surface area contributed by atoms with Gasteiger partial charge < -0.3 is 14.9 Å². The second-order valence-electron chi connectivity index (χ2n) is 2.06. The molecule has 0 saturated carbocycles. The minimum absolute atomic E-state index is 0.359. The Morgan fingerprint density at radius 3 is 2.82 bits per heavy atom. The van der Waals surface area contributed by atoms with E-state index in [1.807, 2.05) is 0 Å². The summed E-state index contributed by atoms with van der Waals surface area (Å²) in [5.41, 5.74) is 5.28. The Morgan fingerprint density at radius 1 is 1.45 bits per heavy atom. The standard InChI is InChI=1S/C6H11N3O2/c1-10-4-6-9-8-5(11-6)2-3-7/h2-4,7H2,1H3. The lowest BCUT2D eigenvalue weighted by molar-refractivity contribution is 0.158. The van der Waals surface area contributed by atoms with Crippen molar-refractivity contribution < 1.29 is 9.15 Å². The van der Waals surface area contributed by atoms with Crippen molar-refractivity contribution in [2.75, 3.05) is 13.7 Å². The molecule has 0 fully saturated rings. The Labute approximate surface area is 64.5 Å². The minimum atomic E-state index is 0.359. The van der Waals surface area contributed by atoms with Crippen LogP contribution in [0.15, 0.2) is 4.42 Å². The summed E-state index contributed by atoms with van der Waals surface area (Å²) in [6.45, 7) is 0.881. The molecule has 2 N–H and O–H groups in total. The average molecular weight is 157 g/mol. The van der Waals surface area contributed by atoms with Crippen molar-refractivity contribution in [1.82, 2.24) is 10.2 Å². The van der Waals surface area contributed by atoms with Gasteiger partial charge >= 0.3 is 0 Å². The second-order valence-corrected chi connectivity index (χ2v) is 2.06. The van der Waals surface area contributed by atoms with Gasteiger partial charge in [-0.15, -0.1) is 10.2 Å². The van der Waals surface area contributed by atoms with Gasteiger partial charge in [0, 0.05) is 20.1 Å². The Morgan fingerprint density at radius 2 is 2.18 bits per heavy atom. The summed E-state index contributed by atoms with van der Waals surface area (Å²) in [5, 5.41) is 7.48. The first kappa shape index (κ1) is 8.16. The topological polar surface area (TPSA) is 74.2 Å². The predicted molar refractivity (Wildman–Crippen MR) is 37.8 cm³/mol. The molecule has 0 aromatic carbocycles. The summed E-state index contributed by atoms with van der Waals surface area (Å²) in [4.78, 5) is 0. The maximum atomic E-state index is 5.28. The highest BCUT2D eigenvalue weighted by Gasteiger charge is 2.02. The summed E-state index contributed by atoms with van der Waals surface area (Å²) in [7, 11) is 1.58. The molecule has 0 unspecified atom stereocenters. The molecule has 0 aliphatic rings. The number of nitrogens with zero attached hydrogens (tertiary/aromatic N) is 2. The van der Waals surface area contributed by atoms with Crippen LogP contribution in [0, 0.1) is 0 Å². The zero-order valence-electron chi connectivity index (χ0n) is 6.41. The van der Waals surface area contributed by atoms with Crippen LogP contribution in [0.4, 0.5) is 0 Å². The van der Waals surface area contributed by atoms with Crippen molar-refractivity contribution in [3.63, 3.8) is 0 Å². The number of hydrogen-bond acceptors (Lipinski definition) is 5. The first-order valence-electron chi connectivity index (χ1n) is 3.37. The van der Waals surface area contributed by atoms with E-state index in [9.17, 15) is 0 Å². The molecule has 1 rings (SSSR count). The Hall–Kier alpha value is -0.940. The van der Waals surface area contributed by atoms with Gasteiger partial charge in [0.25, 0.3) is 0 Å². The molecule has 0 atom stereocenters. The molecule has 1 heterocycles. The van der Waals surface area contributed by atoms with Gasteiger partial charge in [-0.25, -0.2) is 0 Å². The van der Waals surface area contributed by atoms with Gasteiger partial charge in [-0.05, 0) is 0 Å². The second kappa shape index (κ2) is 4.05. The van der Waals surface area contributed by atoms with Crippen LogP contribution in [0.5, 0.6) is 0 Å². The molecule has 0 radical (unpaired) electrons. The van der Waals surface area contributed by atoms with E-state index in [0.717, 1.165) is 0 Å². The lowest BCUT2D eigenvalue weighted by atomic mass is 10.4. The Bertz CT molecular complexity index is 191. The zero-order valence-corrected chi connectivity index (χ0v) is 6.41. The summed E-state index contributed by atoms with van der Waals surface area (Å²) in [6.07, 6.45) is 0.622. The van der Waals surface area contributed by atoms with Gasteiger partial charge in [0.2, 0.25) is 11.8 Å². The smallest absolute Gasteiger partial charge is 0.242 e. The Balaban J connectivity index is 2.51. The quantitative estimate of drug-likeness (QED) is 0.650. The van der Waals surface area contributed by atoms with Crippen LogP contribution in [0.1, 0.15) is 11.8 Å². The molecular formula is C6H11N3O2. The molecule has 62 valence electrons. The fourth-order valence-corrected chi connectivity index (χ4v) is 0.695. The lowest BCUT2D eigenvalue weighted by Gasteiger charge is -1.89. The van der Waals surface area contributed by atoms with Crippen LogP contribution >= 0.6 is 0 Å². The number of hydrogen-bond donors (Lipinski definition) is 1. The summed E-state index contributed by atoms with van der Waals surface area (Å²) in [6, 6.07) is 0. The monoisotopic (exact) mass is 157 g/mol. The molecule has 11 heavy (non-hydrogen) atoms. The van der Waals surface area contributed by atoms with E-state index in [-0.39, 0.29) is 0 Å². The SMILES string of the molecule is COCc1nnc(CCN)o1. The van der Waals surface area contributed by atoms with Crippen molar-refractivity contribution >= 4 is 0 Å². The molecule has 5 nitrogen and oxygen atoms in total. The molecule has 0 spiro atoms. The van der Waals surface area contributed by atoms with E-state index in [1.54, 1.807) is 7.11 Å². The summed E-state index contributed by atoms with van der Waals surface area (Å²) in [5.74, 6) is 1.07. The number of methoxy groups -OCH3 is 1. The van der Waals surface area contributed by atoms with Crippen LogP contribution in [0.25, 0.3) is 0 Å². The number of aromatic nitrogens is 2. The van der Waals surface area contributed by atoms with Gasteiger partial charge in [0.1, 0.15) is 6.61 Å². The molecule has 1 aromatic heterocycles. The highest BCUT2D eigenvalue weighted by atomic mass is 16.5. The molecule has 0 bridgehead atoms. The van der Waals surface area contributed by atoms with Crippen molar-refractivity contribution in [2.24, 2.45) is 5.73 Å². The number of rotatable bonds is 4. The number of ether oxygens (including phenoxy) is 1. The van der Waals surface area contributed by atoms with Gasteiger partial charge in [0.05, 0.1) is 0 Å². The van der Waals surface area contributed by atoms with Crippen molar-refractivity contribution in [2.45, 2.75) is 13.0 Å². The van der Waals surface area contributed by atoms with E-state index >= 15 is 0 Å². The lowest BCUT2D eigenvalue weighted by Crippen LogP contribution is -2.02. The largest absolute Gasteiger partial charge is 0.423 e. The van der Waals surface area contributed by atoms with Crippen LogP contribution in [-0.2, 0) is 17.8 Å². The van der Waals surface area contributed by atoms with Crippen LogP contribution in [-0.4, -0.2) is 23.9 Å². The molecular weight excluding hydrogens is 146 g/mol. The highest BCUT2D eigenvalue weighted by molar-refractivity contribution is 4.80. The third kappa shape index (κ3) is 2.28. The van der Waals surface area contributed by atoms with Crippen LogP contribution < -0.4 is 5.73 Å². The van der Waals surface area contributed by atoms with Crippen LogP contribution in [0.2, 0.25) is 0 Å². The van der Waals surface area contributed by atoms with Gasteiger partial charge in [-0.3, -0.25) is 0 Å². The fourth-order valence-electron chi connectivity index (χ4n) is 0.695. The van der Waals surface area contributed by atoms with E-state index in [2.05, 4.69) is 10.2 Å². The zero-order chi connectivity index (χ0) is 8.10. The average Bonchev–Trinajstić information content (AvgIpc) is 2.38. The third-order valence-electron chi connectivity index (χ3n) is 1.13. The maximum absolute atomic E-state index is 5.28. The van der Waals surface area contributed by atoms with Gasteiger partial charge in [-0.1, -0.05) is 0 Å². The van der Waals surface area contributed by atoms with Crippen molar-refractivity contribution in [3.05, 3.63) is 11.8 Å². The molecule has 5 heteroatoms. The fraction of sp³-hybridized carbons (Fsp3) is 0.667. The normalized spacial score (nSPS) is 10.4. The van der Waals surface area contributed by atoms with Crippen molar-refractivity contribution in [3.8, 4) is 0 Å². The summed E-state index contributed by atoms with van der Waals surface area (Å²) < 4.78 is 9.93. The first-order valence-corrected chi connectivity index (χ1v) is 3.37. The molecule has 0 aliphatic heterocycles. The van der Waals surface area contributed by atoms with E-state index < -0.39 is 0 Å². The van der Waals surface area contributed by atoms with E-state index in [0.29, 0.717) is 31.4 Å². The van der Waals surface area contributed by atoms with Crippen LogP contribution in [0.3, 0.4) is 0 Å². The molecule has 0 amide bonds.